The molecule has 0 spiro atoms. The molecule has 4 aromatic rings. The number of benzene rings is 2. The number of hydrogen-bond acceptors (Lipinski definition) is 14. The van der Waals surface area contributed by atoms with Gasteiger partial charge in [0.1, 0.15) is 11.5 Å². The Balaban J connectivity index is 0.956. The molecule has 0 saturated carbocycles. The summed E-state index contributed by atoms with van der Waals surface area (Å²) in [5, 5.41) is 27.6. The van der Waals surface area contributed by atoms with E-state index in [-0.39, 0.29) is 36.0 Å². The Morgan fingerprint density at radius 2 is 1.45 bits per heavy atom. The molecular weight excluding hydrogens is 711 g/mol. The number of para-hydroxylation sites is 2. The maximum atomic E-state index is 13.8. The molecule has 56 heavy (non-hydrogen) atoms. The van der Waals surface area contributed by atoms with E-state index in [2.05, 4.69) is 42.0 Å². The Bertz CT molecular complexity index is 1970. The van der Waals surface area contributed by atoms with Gasteiger partial charge in [0.25, 0.3) is 0 Å². The molecule has 2 aromatic heterocycles. The number of amides is 1. The fourth-order valence-electron chi connectivity index (χ4n) is 8.22. The highest BCUT2D eigenvalue weighted by molar-refractivity contribution is 5.83. The lowest BCUT2D eigenvalue weighted by Gasteiger charge is -2.42. The van der Waals surface area contributed by atoms with Crippen molar-refractivity contribution >= 4 is 28.9 Å². The van der Waals surface area contributed by atoms with E-state index in [0.29, 0.717) is 65.8 Å². The molecule has 5 heterocycles. The maximum absolute atomic E-state index is 13.8. The van der Waals surface area contributed by atoms with Gasteiger partial charge < -0.3 is 46.5 Å². The lowest BCUT2D eigenvalue weighted by atomic mass is 9.89. The number of piperazine rings is 1. The quantitative estimate of drug-likeness (QED) is 0.173. The van der Waals surface area contributed by atoms with Crippen molar-refractivity contribution in [3.05, 3.63) is 60.7 Å². The van der Waals surface area contributed by atoms with Gasteiger partial charge in [-0.15, -0.1) is 20.4 Å². The first-order valence-corrected chi connectivity index (χ1v) is 19.7. The normalized spacial score (nSPS) is 20.1. The Morgan fingerprint density at radius 1 is 0.839 bits per heavy atom. The molecule has 7 N–H and O–H groups in total. The number of carbonyl (C=O) groups is 1. The van der Waals surface area contributed by atoms with Gasteiger partial charge in [0.05, 0.1) is 48.6 Å². The van der Waals surface area contributed by atoms with Crippen LogP contribution >= 0.6 is 0 Å². The van der Waals surface area contributed by atoms with Crippen molar-refractivity contribution in [2.75, 3.05) is 86.9 Å². The summed E-state index contributed by atoms with van der Waals surface area (Å²) in [4.78, 5) is 22.6. The Kier molecular flexibility index (Phi) is 12.0. The zero-order valence-electron chi connectivity index (χ0n) is 32.6. The minimum absolute atomic E-state index is 0.112. The van der Waals surface area contributed by atoms with Gasteiger partial charge in [-0.3, -0.25) is 9.69 Å². The van der Waals surface area contributed by atoms with Crippen LogP contribution in [0.3, 0.4) is 0 Å². The maximum Gasteiger partial charge on any atom is 0.240 e. The monoisotopic (exact) mass is 765 g/mol. The number of phenolic OH excluding ortho intramolecular Hbond substituents is 1. The standard InChI is InChI=1S/C41H55N11O4/c1-26(38(42)41(54)52-17-16-51(24-27(52)2)35-22-32(45-48-40(35)44)30-8-4-6-10-36(30)53)25-56-37-11-7-5-9-31(37)33-23-34(39(43)47-46-33)50-14-12-29(13-15-50)28(3)49-18-20-55-21-19-49/h4-11,22-23,26-29,38,53H,12-21,24-25,42H2,1-3H3,(H2,43,47)(H2,44,48)/t26?,27-,28-,38+/m1/s1. The molecular formula is C41H55N11O4. The summed E-state index contributed by atoms with van der Waals surface area (Å²) in [5.41, 5.74) is 23.5. The van der Waals surface area contributed by atoms with Crippen LogP contribution < -0.4 is 31.7 Å². The van der Waals surface area contributed by atoms with E-state index in [4.69, 9.17) is 26.7 Å². The molecule has 3 saturated heterocycles. The lowest BCUT2D eigenvalue weighted by molar-refractivity contribution is -0.136. The predicted molar refractivity (Wildman–Crippen MR) is 218 cm³/mol. The van der Waals surface area contributed by atoms with Gasteiger partial charge in [-0.1, -0.05) is 31.2 Å². The van der Waals surface area contributed by atoms with Crippen molar-refractivity contribution in [2.45, 2.75) is 51.7 Å². The van der Waals surface area contributed by atoms with Crippen LogP contribution in [-0.4, -0.2) is 125 Å². The van der Waals surface area contributed by atoms with Crippen LogP contribution in [0, 0.1) is 11.8 Å². The highest BCUT2D eigenvalue weighted by Crippen LogP contribution is 2.36. The number of aromatic hydroxyl groups is 1. The molecule has 0 radical (unpaired) electrons. The van der Waals surface area contributed by atoms with Crippen LogP contribution in [0.25, 0.3) is 22.5 Å². The molecule has 15 heteroatoms. The number of rotatable bonds is 11. The Morgan fingerprint density at radius 3 is 2.11 bits per heavy atom. The smallest absolute Gasteiger partial charge is 0.240 e. The van der Waals surface area contributed by atoms with Crippen molar-refractivity contribution in [1.82, 2.24) is 30.2 Å². The number of phenols is 1. The van der Waals surface area contributed by atoms with Crippen molar-refractivity contribution in [2.24, 2.45) is 17.6 Å². The number of aromatic nitrogens is 4. The Hall–Kier alpha value is -5.25. The van der Waals surface area contributed by atoms with Gasteiger partial charge in [-0.25, -0.2) is 0 Å². The second kappa shape index (κ2) is 17.3. The number of morpholine rings is 1. The SMILES string of the molecule is CC(COc1ccccc1-c1cc(N2CCC([C@@H](C)N3CCOCC3)CC2)c(N)nn1)[C@H](N)C(=O)N1CCN(c2cc(-c3ccccc3O)nnc2N)C[C@H]1C. The van der Waals surface area contributed by atoms with Gasteiger partial charge in [-0.2, -0.15) is 0 Å². The second-order valence-corrected chi connectivity index (χ2v) is 15.4. The van der Waals surface area contributed by atoms with Crippen LogP contribution in [0.2, 0.25) is 0 Å². The van der Waals surface area contributed by atoms with Crippen molar-refractivity contribution < 1.29 is 19.4 Å². The zero-order chi connectivity index (χ0) is 39.3. The molecule has 4 atom stereocenters. The molecule has 7 rings (SSSR count). The molecule has 1 unspecified atom stereocenters. The van der Waals surface area contributed by atoms with Gasteiger partial charge in [0, 0.05) is 74.9 Å². The third kappa shape index (κ3) is 8.44. The molecule has 2 aromatic carbocycles. The molecule has 1 amide bonds. The van der Waals surface area contributed by atoms with E-state index < -0.39 is 6.04 Å². The number of anilines is 4. The topological polar surface area (TPSA) is 198 Å². The first kappa shape index (κ1) is 39.0. The number of piperidine rings is 1. The van der Waals surface area contributed by atoms with Gasteiger partial charge in [-0.05, 0) is 69.0 Å². The largest absolute Gasteiger partial charge is 0.507 e. The summed E-state index contributed by atoms with van der Waals surface area (Å²) in [5.74, 6) is 1.66. The predicted octanol–water partition coefficient (Wildman–Crippen LogP) is 3.49. The number of ether oxygens (including phenoxy) is 2. The highest BCUT2D eigenvalue weighted by Gasteiger charge is 2.34. The number of hydrogen-bond donors (Lipinski definition) is 4. The minimum atomic E-state index is -0.770. The zero-order valence-corrected chi connectivity index (χ0v) is 32.6. The minimum Gasteiger partial charge on any atom is -0.507 e. The molecule has 3 fully saturated rings. The van der Waals surface area contributed by atoms with Crippen LogP contribution in [0.1, 0.15) is 33.6 Å². The van der Waals surface area contributed by atoms with Crippen molar-refractivity contribution in [3.8, 4) is 34.0 Å². The average Bonchev–Trinajstić information content (AvgIpc) is 3.23. The molecule has 0 aliphatic carbocycles. The molecule has 298 valence electrons. The van der Waals surface area contributed by atoms with Crippen LogP contribution in [0.15, 0.2) is 60.7 Å². The van der Waals surface area contributed by atoms with Gasteiger partial charge >= 0.3 is 0 Å². The highest BCUT2D eigenvalue weighted by atomic mass is 16.5. The molecule has 3 aliphatic rings. The van der Waals surface area contributed by atoms with E-state index in [1.165, 1.54) is 0 Å². The number of nitrogens with two attached hydrogens (primary N) is 3. The molecule has 3 aliphatic heterocycles. The first-order chi connectivity index (χ1) is 27.1. The number of nitrogens with zero attached hydrogens (tertiary/aromatic N) is 8. The van der Waals surface area contributed by atoms with Crippen molar-refractivity contribution in [1.29, 1.82) is 0 Å². The lowest BCUT2D eigenvalue weighted by Crippen LogP contribution is -2.59. The fraction of sp³-hybridized carbons (Fsp3) is 0.488. The molecule has 15 nitrogen and oxygen atoms in total. The van der Waals surface area contributed by atoms with E-state index >= 15 is 0 Å². The summed E-state index contributed by atoms with van der Waals surface area (Å²) in [6.07, 6.45) is 2.17. The molecule has 0 bridgehead atoms. The third-order valence-electron chi connectivity index (χ3n) is 11.8. The van der Waals surface area contributed by atoms with Crippen molar-refractivity contribution in [3.63, 3.8) is 0 Å². The van der Waals surface area contributed by atoms with Gasteiger partial charge in [0.15, 0.2) is 11.6 Å². The van der Waals surface area contributed by atoms with Crippen LogP contribution in [-0.2, 0) is 9.53 Å². The second-order valence-electron chi connectivity index (χ2n) is 15.4. The average molecular weight is 766 g/mol. The summed E-state index contributed by atoms with van der Waals surface area (Å²) < 4.78 is 11.9. The third-order valence-corrected chi connectivity index (χ3v) is 11.8. The van der Waals surface area contributed by atoms with Gasteiger partial charge in [0.2, 0.25) is 5.91 Å². The van der Waals surface area contributed by atoms with Crippen LogP contribution in [0.5, 0.6) is 11.5 Å². The summed E-state index contributed by atoms with van der Waals surface area (Å²) in [7, 11) is 0. The van der Waals surface area contributed by atoms with E-state index in [1.807, 2.05) is 61.2 Å². The first-order valence-electron chi connectivity index (χ1n) is 19.7. The fourth-order valence-corrected chi connectivity index (χ4v) is 8.22. The number of carbonyl (C=O) groups excluding carboxylic acids is 1. The number of nitrogen functional groups attached to an aromatic ring is 2. The van der Waals surface area contributed by atoms with E-state index in [9.17, 15) is 9.90 Å². The van der Waals surface area contributed by atoms with Crippen LogP contribution in [0.4, 0.5) is 23.0 Å². The van der Waals surface area contributed by atoms with E-state index in [1.54, 1.807) is 18.2 Å². The summed E-state index contributed by atoms with van der Waals surface area (Å²) in [6, 6.07) is 18.1. The van der Waals surface area contributed by atoms with E-state index in [0.717, 1.165) is 63.5 Å². The summed E-state index contributed by atoms with van der Waals surface area (Å²) in [6.45, 7) is 13.5. The Labute approximate surface area is 328 Å². The summed E-state index contributed by atoms with van der Waals surface area (Å²) >= 11 is 0.